The number of carboxylic acid groups (broad SMARTS) is 4. The molecule has 0 bridgehead atoms. The molecule has 14 atom stereocenters. The van der Waals surface area contributed by atoms with E-state index in [1.807, 2.05) is 0 Å². The summed E-state index contributed by atoms with van der Waals surface area (Å²) in [6, 6.07) is 9.08. The standard InChI is InChI=1S/C82H117N17O22/c1-46(2)68(99-76(114)57(29-17-20-40-85)92-80(118)63(45-67(105)106)97-79(117)62(43-53-30-32-54(100)33-31-53)96-78(116)60(94-69(107)47(3)86)41-50-21-9-6-10-22-50)81(119)88-49(5)70(108)89-59(35-37-66(103)104)75(113)90-56(28-16-19-39-84)74(112)95-61(42-51-23-11-7-12-24-51)77(115)91-55(27-15-18-38-83)73(111)93-58(34-36-65(101)102)72(110)87-48(4)71(109)98-64(82(120)121)44-52-25-13-8-14-26-52/h6-14,21-26,30-33,46-49,55-64,68,100H,15-20,27-29,34-45,83-86H2,1-5H3,(H,87,110)(H,88,119)(H,89,108)(H,90,113)(H,91,115)(H,92,118)(H,93,111)(H,94,107)(H,95,112)(H,96,116)(H,97,117)(H,98,109)(H,99,114)(H,101,102)(H,103,104)(H,105,106)(H,120,121)/t47-,48-,49-,55-,56-,57-,58-,59-,60-,61-,62-,63-,64-,68-/m0/s1. The van der Waals surface area contributed by atoms with E-state index in [9.17, 15) is 107 Å². The molecule has 0 unspecified atom stereocenters. The number of carbonyl (C=O) groups excluding carboxylic acids is 13. The van der Waals surface area contributed by atoms with Crippen LogP contribution in [0.1, 0.15) is 147 Å². The zero-order valence-corrected chi connectivity index (χ0v) is 68.5. The first-order valence-electron chi connectivity index (χ1n) is 40.0. The van der Waals surface area contributed by atoms with E-state index in [1.54, 1.807) is 91.0 Å². The topological polar surface area (TPSA) is 652 Å². The Labute approximate surface area is 700 Å². The van der Waals surface area contributed by atoms with E-state index < -0.39 is 223 Å². The number of phenols is 1. The van der Waals surface area contributed by atoms with Crippen molar-refractivity contribution in [1.29, 1.82) is 0 Å². The summed E-state index contributed by atoms with van der Waals surface area (Å²) >= 11 is 0. The molecule has 121 heavy (non-hydrogen) atoms. The molecule has 662 valence electrons. The molecular weight excluding hydrogens is 1570 g/mol. The highest BCUT2D eigenvalue weighted by atomic mass is 16.4. The van der Waals surface area contributed by atoms with Crippen LogP contribution in [-0.4, -0.2) is 230 Å². The molecule has 39 heteroatoms. The van der Waals surface area contributed by atoms with Gasteiger partial charge in [0.25, 0.3) is 0 Å². The molecule has 0 aliphatic heterocycles. The number of benzene rings is 4. The Hall–Kier alpha value is -12.5. The lowest BCUT2D eigenvalue weighted by Crippen LogP contribution is -2.61. The molecule has 0 saturated carbocycles. The molecule has 0 spiro atoms. The maximum absolute atomic E-state index is 14.8. The number of phenolic OH excluding ortho intramolecular Hbond substituents is 1. The van der Waals surface area contributed by atoms with Gasteiger partial charge in [0.1, 0.15) is 84.3 Å². The number of aromatic hydroxyl groups is 1. The molecule has 0 fully saturated rings. The summed E-state index contributed by atoms with van der Waals surface area (Å²) in [6.07, 6.45) is -3.40. The Morgan fingerprint density at radius 2 is 0.562 bits per heavy atom. The van der Waals surface area contributed by atoms with Crippen molar-refractivity contribution >= 4 is 101 Å². The second kappa shape index (κ2) is 53.1. The molecule has 26 N–H and O–H groups in total. The van der Waals surface area contributed by atoms with Gasteiger partial charge in [0, 0.05) is 38.5 Å². The fraction of sp³-hybridized carbons (Fsp3) is 0.500. The van der Waals surface area contributed by atoms with Crippen LogP contribution in [0.25, 0.3) is 0 Å². The van der Waals surface area contributed by atoms with E-state index in [-0.39, 0.29) is 89.6 Å². The lowest BCUT2D eigenvalue weighted by Gasteiger charge is -2.29. The Kier molecular flexibility index (Phi) is 44.3. The molecule has 4 aromatic rings. The predicted octanol–water partition coefficient (Wildman–Crippen LogP) is -2.32. The third-order valence-corrected chi connectivity index (χ3v) is 19.2. The molecule has 4 aromatic carbocycles. The quantitative estimate of drug-likeness (QED) is 0.0206. The molecule has 0 aromatic heterocycles. The maximum Gasteiger partial charge on any atom is 0.326 e. The summed E-state index contributed by atoms with van der Waals surface area (Å²) in [7, 11) is 0. The Morgan fingerprint density at radius 3 is 0.893 bits per heavy atom. The second-order valence-corrected chi connectivity index (χ2v) is 29.7. The molecule has 0 aliphatic carbocycles. The van der Waals surface area contributed by atoms with E-state index in [2.05, 4.69) is 69.1 Å². The number of carbonyl (C=O) groups is 17. The normalized spacial score (nSPS) is 14.5. The van der Waals surface area contributed by atoms with Crippen molar-refractivity contribution in [3.05, 3.63) is 138 Å². The first-order chi connectivity index (χ1) is 57.4. The van der Waals surface area contributed by atoms with E-state index in [0.717, 1.165) is 0 Å². The van der Waals surface area contributed by atoms with Crippen LogP contribution >= 0.6 is 0 Å². The average Bonchev–Trinajstić information content (AvgIpc) is 0.854. The van der Waals surface area contributed by atoms with E-state index in [4.69, 9.17) is 22.9 Å². The molecule has 13 amide bonds. The van der Waals surface area contributed by atoms with Crippen molar-refractivity contribution in [3.63, 3.8) is 0 Å². The van der Waals surface area contributed by atoms with Gasteiger partial charge in [-0.1, -0.05) is 117 Å². The average molecular weight is 1690 g/mol. The summed E-state index contributed by atoms with van der Waals surface area (Å²) in [5.41, 5.74) is 25.3. The number of carboxylic acids is 4. The minimum Gasteiger partial charge on any atom is -0.508 e. The largest absolute Gasteiger partial charge is 0.508 e. The van der Waals surface area contributed by atoms with Gasteiger partial charge < -0.3 is 118 Å². The minimum atomic E-state index is -1.95. The smallest absolute Gasteiger partial charge is 0.326 e. The molecular formula is C82H117N17O22. The number of nitrogens with one attached hydrogen (secondary N) is 13. The molecule has 0 aliphatic rings. The number of hydrogen-bond acceptors (Lipinski definition) is 22. The van der Waals surface area contributed by atoms with Gasteiger partial charge in [-0.3, -0.25) is 76.7 Å². The Morgan fingerprint density at radius 1 is 0.289 bits per heavy atom. The van der Waals surface area contributed by atoms with Crippen LogP contribution in [0.2, 0.25) is 0 Å². The highest BCUT2D eigenvalue weighted by Crippen LogP contribution is 2.17. The summed E-state index contributed by atoms with van der Waals surface area (Å²) in [4.78, 5) is 233. The minimum absolute atomic E-state index is 0.0733. The number of rotatable bonds is 56. The first-order valence-corrected chi connectivity index (χ1v) is 40.0. The fourth-order valence-corrected chi connectivity index (χ4v) is 12.3. The first kappa shape index (κ1) is 101. The van der Waals surface area contributed by atoms with Gasteiger partial charge >= 0.3 is 23.9 Å². The van der Waals surface area contributed by atoms with Gasteiger partial charge in [-0.25, -0.2) is 4.79 Å². The highest BCUT2D eigenvalue weighted by Gasteiger charge is 2.39. The molecule has 0 radical (unpaired) electrons. The van der Waals surface area contributed by atoms with Gasteiger partial charge in [-0.2, -0.15) is 0 Å². The number of nitrogens with two attached hydrogens (primary N) is 4. The van der Waals surface area contributed by atoms with Crippen LogP contribution in [0.4, 0.5) is 0 Å². The molecule has 39 nitrogen and oxygen atoms in total. The molecule has 4 rings (SSSR count). The summed E-state index contributed by atoms with van der Waals surface area (Å²) in [6.45, 7) is 7.22. The summed E-state index contributed by atoms with van der Waals surface area (Å²) < 4.78 is 0. The lowest BCUT2D eigenvalue weighted by atomic mass is 10.0. The maximum atomic E-state index is 14.8. The fourth-order valence-electron chi connectivity index (χ4n) is 12.3. The van der Waals surface area contributed by atoms with E-state index in [1.165, 1.54) is 58.9 Å². The number of aliphatic carboxylic acids is 4. The third kappa shape index (κ3) is 37.6. The van der Waals surface area contributed by atoms with Gasteiger partial charge in [-0.05, 0) is 151 Å². The molecule has 0 saturated heterocycles. The van der Waals surface area contributed by atoms with Crippen LogP contribution in [-0.2, 0) is 107 Å². The van der Waals surface area contributed by atoms with E-state index in [0.29, 0.717) is 41.5 Å². The molecule has 0 heterocycles. The Balaban J connectivity index is 1.58. The van der Waals surface area contributed by atoms with Gasteiger partial charge in [0.05, 0.1) is 12.5 Å². The number of hydrogen-bond donors (Lipinski definition) is 22. The van der Waals surface area contributed by atoms with Crippen molar-refractivity contribution in [2.24, 2.45) is 28.9 Å². The van der Waals surface area contributed by atoms with Crippen molar-refractivity contribution in [3.8, 4) is 5.75 Å². The second-order valence-electron chi connectivity index (χ2n) is 29.7. The highest BCUT2D eigenvalue weighted by molar-refractivity contribution is 6.01. The van der Waals surface area contributed by atoms with Crippen LogP contribution in [0.15, 0.2) is 115 Å². The Bertz CT molecular complexity index is 4110. The van der Waals surface area contributed by atoms with Gasteiger partial charge in [-0.15, -0.1) is 0 Å². The summed E-state index contributed by atoms with van der Waals surface area (Å²) in [5, 5.41) is 82.0. The lowest BCUT2D eigenvalue weighted by molar-refractivity contribution is -0.142. The zero-order chi connectivity index (χ0) is 89.8. The van der Waals surface area contributed by atoms with Crippen molar-refractivity contribution in [2.75, 3.05) is 19.6 Å². The SMILES string of the molecule is CC(C)[C@H](NC(=O)[C@H](CCCCN)NC(=O)[C@H](CC(=O)O)NC(=O)[C@H](Cc1ccc(O)cc1)NC(=O)[C@H](Cc1ccccc1)NC(=O)[C@H](C)N)C(=O)N[C@@H](C)C(=O)N[C@@H](CCC(=O)O)C(=O)N[C@@H](CCCCN)C(=O)N[C@@H](Cc1ccccc1)C(=O)N[C@@H](CCCCN)C(=O)N[C@@H](CCC(=O)O)C(=O)N[C@@H](C)C(=O)N[C@@H](Cc1ccccc1)C(=O)O. The van der Waals surface area contributed by atoms with Crippen LogP contribution in [0.3, 0.4) is 0 Å². The van der Waals surface area contributed by atoms with Crippen LogP contribution in [0.5, 0.6) is 5.75 Å². The number of amides is 13. The predicted molar refractivity (Wildman–Crippen MR) is 440 cm³/mol. The van der Waals surface area contributed by atoms with Crippen molar-refractivity contribution in [1.82, 2.24) is 69.1 Å². The summed E-state index contributed by atoms with van der Waals surface area (Å²) in [5.74, 6) is -19.7. The van der Waals surface area contributed by atoms with E-state index >= 15 is 0 Å². The van der Waals surface area contributed by atoms with Crippen molar-refractivity contribution < 1.29 is 107 Å². The van der Waals surface area contributed by atoms with Gasteiger partial charge in [0.15, 0.2) is 0 Å². The van der Waals surface area contributed by atoms with Crippen LogP contribution < -0.4 is 92.1 Å². The van der Waals surface area contributed by atoms with Gasteiger partial charge in [0.2, 0.25) is 76.8 Å². The van der Waals surface area contributed by atoms with Crippen molar-refractivity contribution in [2.45, 2.75) is 235 Å². The third-order valence-electron chi connectivity index (χ3n) is 19.2. The van der Waals surface area contributed by atoms with Crippen LogP contribution in [0, 0.1) is 5.92 Å². The number of unbranched alkanes of at least 4 members (excludes halogenated alkanes) is 3. The zero-order valence-electron chi connectivity index (χ0n) is 68.5. The monoisotopic (exact) mass is 1690 g/mol.